The second-order valence-corrected chi connectivity index (χ2v) is 12.7. The molecule has 6 rings (SSSR count). The fourth-order valence-electron chi connectivity index (χ4n) is 6.62. The van der Waals surface area contributed by atoms with E-state index in [2.05, 4.69) is 19.9 Å². The van der Waals surface area contributed by atoms with E-state index in [9.17, 15) is 35.4 Å². The molecule has 0 radical (unpaired) electrons. The number of hydrogen-bond acceptors (Lipinski definition) is 14. The lowest BCUT2D eigenvalue weighted by Crippen LogP contribution is -2.48. The summed E-state index contributed by atoms with van der Waals surface area (Å²) in [6.45, 7) is 4.51. The highest BCUT2D eigenvalue weighted by Gasteiger charge is 2.53. The summed E-state index contributed by atoms with van der Waals surface area (Å²) >= 11 is 0. The van der Waals surface area contributed by atoms with Crippen LogP contribution in [0.3, 0.4) is 0 Å². The number of amides is 1. The van der Waals surface area contributed by atoms with Gasteiger partial charge in [-0.2, -0.15) is 0 Å². The summed E-state index contributed by atoms with van der Waals surface area (Å²) in [7, 11) is 0. The van der Waals surface area contributed by atoms with Crippen molar-refractivity contribution in [1.29, 1.82) is 0 Å². The zero-order valence-corrected chi connectivity index (χ0v) is 26.6. The van der Waals surface area contributed by atoms with Crippen molar-refractivity contribution in [3.05, 3.63) is 47.3 Å². The van der Waals surface area contributed by atoms with Crippen LogP contribution >= 0.6 is 12.4 Å². The van der Waals surface area contributed by atoms with Gasteiger partial charge in [-0.15, -0.1) is 12.4 Å². The molecule has 10 N–H and O–H groups in total. The van der Waals surface area contributed by atoms with Gasteiger partial charge in [0.15, 0.2) is 0 Å². The van der Waals surface area contributed by atoms with E-state index in [4.69, 9.17) is 16.2 Å². The first-order chi connectivity index (χ1) is 21.3. The average Bonchev–Trinajstić information content (AvgIpc) is 3.73. The molecule has 2 aromatic rings. The Morgan fingerprint density at radius 2 is 1.38 bits per heavy atom. The van der Waals surface area contributed by atoms with E-state index in [0.29, 0.717) is 47.7 Å². The van der Waals surface area contributed by atoms with E-state index >= 15 is 0 Å². The molecular weight excluding hydrogens is 634 g/mol. The number of likely N-dealkylation sites (tertiary alicyclic amines) is 1. The molecule has 15 nitrogen and oxygen atoms in total. The summed E-state index contributed by atoms with van der Waals surface area (Å²) in [6.07, 6.45) is 3.06. The highest BCUT2D eigenvalue weighted by molar-refractivity contribution is 5.85. The van der Waals surface area contributed by atoms with Gasteiger partial charge >= 0.3 is 6.09 Å². The Hall–Kier alpha value is -3.44. The Morgan fingerprint density at radius 3 is 1.87 bits per heavy atom. The molecule has 2 fully saturated rings. The zero-order chi connectivity index (χ0) is 32.8. The van der Waals surface area contributed by atoms with Crippen LogP contribution in [-0.4, -0.2) is 117 Å². The van der Waals surface area contributed by atoms with Crippen molar-refractivity contribution in [3.8, 4) is 0 Å². The van der Waals surface area contributed by atoms with Gasteiger partial charge in [-0.3, -0.25) is 4.90 Å². The van der Waals surface area contributed by atoms with Crippen LogP contribution in [0.2, 0.25) is 0 Å². The number of carbonyl (C=O) groups is 1. The molecule has 1 saturated heterocycles. The third kappa shape index (κ3) is 7.06. The molecule has 3 aliphatic carbocycles. The second-order valence-electron chi connectivity index (χ2n) is 12.7. The van der Waals surface area contributed by atoms with Crippen molar-refractivity contribution >= 4 is 41.3 Å². The lowest BCUT2D eigenvalue weighted by molar-refractivity contribution is 0.000263. The standard InChI is InChI=1S/C17H24N4O5.C13H17N3O3.CH4.ClH/c1-17(2,3)26-16(25)21-10(6-22)13(23)14(24)12(21)8-4-5-9-11(8)19-7-20-15(9)18;14-13-8-2-1-7(10(8)15-5-16-13)9-3-6(4-17)11(18)12(9)19;;/h4,7,10,12-14,22-24H,5-6H2,1-3H3,(H2,18,19,20);1,5-6,9,11-12,17-19H,2-4H2,(H2,14,15,16);1H4;1H/t10-,12+,13-,14+;6-,9+,11-,12+;;/m11../s1. The fraction of sp³-hybridized carbons (Fsp3) is 0.581. The summed E-state index contributed by atoms with van der Waals surface area (Å²) in [5.41, 5.74) is 15.3. The predicted octanol–water partition coefficient (Wildman–Crippen LogP) is 0.107. The number of carbonyl (C=O) groups excluding carboxylic acids is 1. The number of fused-ring (bicyclic) bond motifs is 2. The highest BCUT2D eigenvalue weighted by Crippen LogP contribution is 2.44. The number of nitrogen functional groups attached to an aromatic ring is 2. The molecule has 1 aliphatic heterocycles. The number of ether oxygens (including phenoxy) is 1. The van der Waals surface area contributed by atoms with Crippen molar-refractivity contribution < 1.29 is 40.2 Å². The molecule has 0 aromatic carbocycles. The number of allylic oxidation sites excluding steroid dienone is 2. The van der Waals surface area contributed by atoms with Crippen LogP contribution in [0, 0.1) is 11.8 Å². The number of nitrogens with zero attached hydrogens (tertiary/aromatic N) is 5. The van der Waals surface area contributed by atoms with Gasteiger partial charge in [-0.1, -0.05) is 19.6 Å². The lowest BCUT2D eigenvalue weighted by Gasteiger charge is -2.32. The number of halogens is 1. The van der Waals surface area contributed by atoms with Crippen molar-refractivity contribution in [2.45, 2.75) is 89.6 Å². The maximum Gasteiger partial charge on any atom is 0.411 e. The van der Waals surface area contributed by atoms with Crippen LogP contribution in [0.15, 0.2) is 24.8 Å². The van der Waals surface area contributed by atoms with E-state index < -0.39 is 54.8 Å². The Labute approximate surface area is 279 Å². The lowest BCUT2D eigenvalue weighted by atomic mass is 9.93. The van der Waals surface area contributed by atoms with Crippen molar-refractivity contribution in [2.24, 2.45) is 11.8 Å². The molecule has 16 heteroatoms. The van der Waals surface area contributed by atoms with Crippen LogP contribution in [0.1, 0.15) is 57.1 Å². The minimum Gasteiger partial charge on any atom is -0.444 e. The smallest absolute Gasteiger partial charge is 0.411 e. The van der Waals surface area contributed by atoms with Crippen LogP contribution in [0.4, 0.5) is 16.4 Å². The number of anilines is 2. The zero-order valence-electron chi connectivity index (χ0n) is 25.8. The summed E-state index contributed by atoms with van der Waals surface area (Å²) in [5.74, 6) is 0.298. The number of nitrogens with two attached hydrogens (primary N) is 2. The third-order valence-electron chi connectivity index (χ3n) is 8.83. The average molecular weight is 680 g/mol. The van der Waals surface area contributed by atoms with Gasteiger partial charge in [0.25, 0.3) is 0 Å². The van der Waals surface area contributed by atoms with Crippen molar-refractivity contribution in [2.75, 3.05) is 24.7 Å². The maximum absolute atomic E-state index is 12.8. The summed E-state index contributed by atoms with van der Waals surface area (Å²) in [6, 6.07) is -1.90. The van der Waals surface area contributed by atoms with Gasteiger partial charge in [0.1, 0.15) is 42.1 Å². The first kappa shape index (κ1) is 38.0. The predicted molar refractivity (Wildman–Crippen MR) is 176 cm³/mol. The van der Waals surface area contributed by atoms with Crippen molar-refractivity contribution in [1.82, 2.24) is 24.8 Å². The van der Waals surface area contributed by atoms with E-state index in [1.54, 1.807) is 26.8 Å². The molecule has 0 bridgehead atoms. The van der Waals surface area contributed by atoms with Crippen LogP contribution in [0.25, 0.3) is 11.1 Å². The van der Waals surface area contributed by atoms with Gasteiger partial charge in [-0.25, -0.2) is 24.7 Å². The van der Waals surface area contributed by atoms with Gasteiger partial charge in [0, 0.05) is 29.6 Å². The van der Waals surface area contributed by atoms with Gasteiger partial charge < -0.3 is 46.8 Å². The highest BCUT2D eigenvalue weighted by atomic mass is 35.5. The summed E-state index contributed by atoms with van der Waals surface area (Å²) in [5, 5.41) is 59.9. The molecule has 0 unspecified atom stereocenters. The molecule has 4 aliphatic rings. The number of rotatable bonds is 4. The SMILES string of the molecule is C.CC(C)(C)OC(=O)N1[C@H](CO)[C@@H](O)[C@@H](O)[C@@H]1C1=CCc2c(N)ncnc21.Cl.Nc1ncnc2c1CC=C2[C@@H]1C[C@H](CO)[C@@H](O)[C@H]1O. The minimum atomic E-state index is -1.32. The molecule has 2 aromatic heterocycles. The molecule has 1 saturated carbocycles. The number of aliphatic hydroxyl groups is 6. The van der Waals surface area contributed by atoms with E-state index in [0.717, 1.165) is 16.8 Å². The molecule has 1 amide bonds. The minimum absolute atomic E-state index is 0. The molecule has 47 heavy (non-hydrogen) atoms. The van der Waals surface area contributed by atoms with Crippen molar-refractivity contribution in [3.63, 3.8) is 0 Å². The quantitative estimate of drug-likeness (QED) is 0.213. The van der Waals surface area contributed by atoms with Crippen LogP contribution in [-0.2, 0) is 17.6 Å². The Bertz CT molecular complexity index is 1500. The second kappa shape index (κ2) is 14.8. The number of hydrogen-bond donors (Lipinski definition) is 8. The molecule has 0 spiro atoms. The largest absolute Gasteiger partial charge is 0.444 e. The molecule has 3 heterocycles. The topological polar surface area (TPSA) is 255 Å². The first-order valence-corrected chi connectivity index (χ1v) is 14.8. The van der Waals surface area contributed by atoms with Gasteiger partial charge in [0.05, 0.1) is 42.3 Å². The Morgan fingerprint density at radius 1 is 0.851 bits per heavy atom. The van der Waals surface area contributed by atoms with E-state index in [-0.39, 0.29) is 38.3 Å². The van der Waals surface area contributed by atoms with Gasteiger partial charge in [0.2, 0.25) is 0 Å². The molecular formula is C31H46ClN7O8. The fourth-order valence-corrected chi connectivity index (χ4v) is 6.62. The Balaban J connectivity index is 0.000000255. The number of aliphatic hydroxyl groups excluding tert-OH is 6. The van der Waals surface area contributed by atoms with Crippen LogP contribution in [0.5, 0.6) is 0 Å². The molecule has 260 valence electrons. The molecule has 8 atom stereocenters. The van der Waals surface area contributed by atoms with E-state index in [1.165, 1.54) is 17.6 Å². The van der Waals surface area contributed by atoms with E-state index in [1.807, 2.05) is 6.08 Å². The monoisotopic (exact) mass is 679 g/mol. The Kier molecular flexibility index (Phi) is 11.9. The maximum atomic E-state index is 12.8. The van der Waals surface area contributed by atoms with Crippen LogP contribution < -0.4 is 11.5 Å². The number of aromatic nitrogens is 4. The first-order valence-electron chi connectivity index (χ1n) is 14.8. The normalized spacial score (nSPS) is 29.0. The third-order valence-corrected chi connectivity index (χ3v) is 8.83. The van der Waals surface area contributed by atoms with Gasteiger partial charge in [-0.05, 0) is 51.2 Å². The summed E-state index contributed by atoms with van der Waals surface area (Å²) in [4.78, 5) is 30.3. The summed E-state index contributed by atoms with van der Waals surface area (Å²) < 4.78 is 5.42.